The van der Waals surface area contributed by atoms with Crippen molar-refractivity contribution in [1.82, 2.24) is 4.90 Å². The van der Waals surface area contributed by atoms with Gasteiger partial charge in [0, 0.05) is 13.2 Å². The lowest BCUT2D eigenvalue weighted by atomic mass is 9.98. The molecule has 0 unspecified atom stereocenters. The number of hydrogen-bond donors (Lipinski definition) is 1. The van der Waals surface area contributed by atoms with E-state index in [1.54, 1.807) is 41.3 Å². The average molecular weight is 502 g/mol. The van der Waals surface area contributed by atoms with Crippen LogP contribution >= 0.6 is 15.9 Å². The number of para-hydroxylation sites is 1. The number of rotatable bonds is 7. The van der Waals surface area contributed by atoms with E-state index in [-0.39, 0.29) is 40.3 Å². The molecule has 0 spiro atoms. The van der Waals surface area contributed by atoms with E-state index in [4.69, 9.17) is 13.9 Å². The predicted molar refractivity (Wildman–Crippen MR) is 123 cm³/mol. The number of nitrogens with zero attached hydrogens (tertiary/aromatic N) is 1. The van der Waals surface area contributed by atoms with Gasteiger partial charge in [0.15, 0.2) is 16.9 Å². The van der Waals surface area contributed by atoms with Gasteiger partial charge in [-0.05, 0) is 66.0 Å². The average Bonchev–Trinajstić information content (AvgIpc) is 3.05. The molecule has 0 bridgehead atoms. The summed E-state index contributed by atoms with van der Waals surface area (Å²) in [4.78, 5) is 28.5. The Bertz CT molecular complexity index is 1240. The van der Waals surface area contributed by atoms with Crippen LogP contribution in [0, 0.1) is 0 Å². The first kappa shape index (κ1) is 22.4. The molecular formula is C24H24BrNO6. The molecule has 1 amide bonds. The lowest BCUT2D eigenvalue weighted by Crippen LogP contribution is -2.31. The summed E-state index contributed by atoms with van der Waals surface area (Å²) >= 11 is 3.34. The van der Waals surface area contributed by atoms with Gasteiger partial charge in [-0.15, -0.1) is 0 Å². The van der Waals surface area contributed by atoms with Crippen molar-refractivity contribution >= 4 is 32.8 Å². The fourth-order valence-electron chi connectivity index (χ4n) is 4.01. The molecule has 1 aliphatic rings. The zero-order valence-electron chi connectivity index (χ0n) is 18.1. The maximum absolute atomic E-state index is 13.5. The summed E-state index contributed by atoms with van der Waals surface area (Å²) in [6.45, 7) is 4.76. The fraction of sp³-hybridized carbons (Fsp3) is 0.333. The van der Waals surface area contributed by atoms with E-state index in [1.807, 2.05) is 13.8 Å². The predicted octanol–water partition coefficient (Wildman–Crippen LogP) is 4.63. The second kappa shape index (κ2) is 8.96. The van der Waals surface area contributed by atoms with Crippen LogP contribution in [0.25, 0.3) is 11.0 Å². The molecule has 0 aliphatic carbocycles. The lowest BCUT2D eigenvalue weighted by molar-refractivity contribution is 0.0593. The van der Waals surface area contributed by atoms with Crippen LogP contribution in [0.3, 0.4) is 0 Å². The van der Waals surface area contributed by atoms with Gasteiger partial charge < -0.3 is 23.9 Å². The Hall–Kier alpha value is -2.84. The molecule has 168 valence electrons. The number of ether oxygens (including phenoxy) is 2. The van der Waals surface area contributed by atoms with Crippen molar-refractivity contribution < 1.29 is 23.8 Å². The smallest absolute Gasteiger partial charge is 0.290 e. The standard InChI is InChI=1S/C24H24BrNO6/c1-13(2)31-10-6-9-26-20(14-11-16(25)22(28)18(12-14)30-3)19-21(27)15-7-4-5-8-17(15)32-23(19)24(26)29/h4-5,7-8,11-13,20,28H,6,9-10H2,1-3H3/t20-/m0/s1. The van der Waals surface area contributed by atoms with E-state index < -0.39 is 6.04 Å². The van der Waals surface area contributed by atoms with Crippen molar-refractivity contribution in [2.24, 2.45) is 0 Å². The Morgan fingerprint density at radius 2 is 1.97 bits per heavy atom. The van der Waals surface area contributed by atoms with Gasteiger partial charge in [-0.25, -0.2) is 0 Å². The zero-order chi connectivity index (χ0) is 23.0. The number of hydrogen-bond acceptors (Lipinski definition) is 6. The van der Waals surface area contributed by atoms with Crippen molar-refractivity contribution in [2.75, 3.05) is 20.3 Å². The normalized spacial score (nSPS) is 15.6. The number of aromatic hydroxyl groups is 1. The Morgan fingerprint density at radius 1 is 1.22 bits per heavy atom. The minimum atomic E-state index is -0.678. The van der Waals surface area contributed by atoms with Crippen LogP contribution in [-0.4, -0.2) is 42.3 Å². The highest BCUT2D eigenvalue weighted by molar-refractivity contribution is 9.10. The Kier molecular flexibility index (Phi) is 6.26. The summed E-state index contributed by atoms with van der Waals surface area (Å²) in [6.07, 6.45) is 0.682. The summed E-state index contributed by atoms with van der Waals surface area (Å²) in [5, 5.41) is 10.7. The molecule has 8 heteroatoms. The van der Waals surface area contributed by atoms with Crippen molar-refractivity contribution in [3.63, 3.8) is 0 Å². The third-order valence-electron chi connectivity index (χ3n) is 5.45. The van der Waals surface area contributed by atoms with Crippen LogP contribution in [-0.2, 0) is 4.74 Å². The minimum Gasteiger partial charge on any atom is -0.503 e. The zero-order valence-corrected chi connectivity index (χ0v) is 19.6. The number of carbonyl (C=O) groups excluding carboxylic acids is 1. The van der Waals surface area contributed by atoms with Gasteiger partial charge in [0.25, 0.3) is 5.91 Å². The molecular weight excluding hydrogens is 478 g/mol. The highest BCUT2D eigenvalue weighted by Gasteiger charge is 2.42. The van der Waals surface area contributed by atoms with Crippen molar-refractivity contribution in [3.05, 3.63) is 68.0 Å². The lowest BCUT2D eigenvalue weighted by Gasteiger charge is -2.26. The van der Waals surface area contributed by atoms with Crippen LogP contribution in [0.5, 0.6) is 11.5 Å². The first-order valence-electron chi connectivity index (χ1n) is 10.4. The molecule has 0 radical (unpaired) electrons. The van der Waals surface area contributed by atoms with Crippen molar-refractivity contribution in [3.8, 4) is 11.5 Å². The van der Waals surface area contributed by atoms with Crippen LogP contribution < -0.4 is 10.2 Å². The molecule has 0 fully saturated rings. The first-order chi connectivity index (χ1) is 15.3. The van der Waals surface area contributed by atoms with Crippen LogP contribution in [0.4, 0.5) is 0 Å². The monoisotopic (exact) mass is 501 g/mol. The third kappa shape index (κ3) is 3.89. The number of methoxy groups -OCH3 is 1. The van der Waals surface area contributed by atoms with Gasteiger partial charge in [-0.1, -0.05) is 12.1 Å². The van der Waals surface area contributed by atoms with E-state index in [0.29, 0.717) is 40.6 Å². The molecule has 1 aliphatic heterocycles. The van der Waals surface area contributed by atoms with Crippen LogP contribution in [0.1, 0.15) is 48.0 Å². The van der Waals surface area contributed by atoms with E-state index in [2.05, 4.69) is 15.9 Å². The van der Waals surface area contributed by atoms with Gasteiger partial charge in [0.2, 0.25) is 5.76 Å². The fourth-order valence-corrected chi connectivity index (χ4v) is 4.47. The molecule has 1 N–H and O–H groups in total. The van der Waals surface area contributed by atoms with Gasteiger partial charge in [-0.2, -0.15) is 0 Å². The molecule has 2 heterocycles. The second-order valence-corrected chi connectivity index (χ2v) is 8.75. The topological polar surface area (TPSA) is 89.2 Å². The van der Waals surface area contributed by atoms with Crippen molar-refractivity contribution in [1.29, 1.82) is 0 Å². The maximum atomic E-state index is 13.5. The third-order valence-corrected chi connectivity index (χ3v) is 6.06. The summed E-state index contributed by atoms with van der Waals surface area (Å²) in [5.41, 5.74) is 1.05. The maximum Gasteiger partial charge on any atom is 0.290 e. The molecule has 1 atom stereocenters. The number of phenolic OH excluding ortho intramolecular Hbond substituents is 1. The van der Waals surface area contributed by atoms with Crippen molar-refractivity contribution in [2.45, 2.75) is 32.4 Å². The number of halogens is 1. The largest absolute Gasteiger partial charge is 0.503 e. The molecule has 4 rings (SSSR count). The van der Waals surface area contributed by atoms with E-state index in [1.165, 1.54) is 7.11 Å². The Labute approximate surface area is 193 Å². The number of fused-ring (bicyclic) bond motifs is 2. The van der Waals surface area contributed by atoms with Gasteiger partial charge in [-0.3, -0.25) is 9.59 Å². The molecule has 0 saturated carbocycles. The van der Waals surface area contributed by atoms with Gasteiger partial charge >= 0.3 is 0 Å². The number of phenols is 1. The van der Waals surface area contributed by atoms with Gasteiger partial charge in [0.1, 0.15) is 5.58 Å². The van der Waals surface area contributed by atoms with E-state index in [9.17, 15) is 14.7 Å². The SMILES string of the molecule is COc1cc([C@H]2c3c(oc4ccccc4c3=O)C(=O)N2CCCOC(C)C)cc(Br)c1O. The molecule has 3 aromatic rings. The Morgan fingerprint density at radius 3 is 2.69 bits per heavy atom. The molecule has 1 aromatic heterocycles. The summed E-state index contributed by atoms with van der Waals surface area (Å²) in [5.74, 6) is -0.112. The highest BCUT2D eigenvalue weighted by Crippen LogP contribution is 2.43. The molecule has 2 aromatic carbocycles. The van der Waals surface area contributed by atoms with Crippen LogP contribution in [0.15, 0.2) is 50.1 Å². The Balaban J connectivity index is 1.86. The summed E-state index contributed by atoms with van der Waals surface area (Å²) in [6, 6.07) is 9.55. The van der Waals surface area contributed by atoms with Gasteiger partial charge in [0.05, 0.1) is 34.7 Å². The molecule has 7 nitrogen and oxygen atoms in total. The summed E-state index contributed by atoms with van der Waals surface area (Å²) in [7, 11) is 1.45. The highest BCUT2D eigenvalue weighted by atomic mass is 79.9. The molecule has 0 saturated heterocycles. The number of amides is 1. The molecule has 32 heavy (non-hydrogen) atoms. The first-order valence-corrected chi connectivity index (χ1v) is 11.2. The second-order valence-electron chi connectivity index (χ2n) is 7.90. The van der Waals surface area contributed by atoms with E-state index >= 15 is 0 Å². The quantitative estimate of drug-likeness (QED) is 0.474. The number of carbonyl (C=O) groups is 1. The number of benzene rings is 2. The summed E-state index contributed by atoms with van der Waals surface area (Å²) < 4.78 is 17.2. The minimum absolute atomic E-state index is 0.0478. The van der Waals surface area contributed by atoms with Crippen LogP contribution in [0.2, 0.25) is 0 Å². The van der Waals surface area contributed by atoms with E-state index in [0.717, 1.165) is 0 Å².